The van der Waals surface area contributed by atoms with E-state index in [0.29, 0.717) is 17.8 Å². The molecule has 3 aromatic rings. The monoisotopic (exact) mass is 435 g/mol. The van der Waals surface area contributed by atoms with E-state index in [0.717, 1.165) is 15.6 Å². The maximum atomic E-state index is 12.2. The number of pyridine rings is 1. The quantitative estimate of drug-likeness (QED) is 0.562. The summed E-state index contributed by atoms with van der Waals surface area (Å²) in [5.74, 6) is -0.417. The first-order valence-corrected chi connectivity index (χ1v) is 9.41. The van der Waals surface area contributed by atoms with Crippen LogP contribution in [0.3, 0.4) is 0 Å². The van der Waals surface area contributed by atoms with Gasteiger partial charge in [0.15, 0.2) is 0 Å². The van der Waals surface area contributed by atoms with Crippen molar-refractivity contribution in [2.24, 2.45) is 0 Å². The van der Waals surface area contributed by atoms with Crippen molar-refractivity contribution >= 4 is 39.5 Å². The number of benzene rings is 2. The molecule has 0 atom stereocenters. The predicted octanol–water partition coefficient (Wildman–Crippen LogP) is 4.43. The molecular weight excluding hydrogens is 418 g/mol. The lowest BCUT2D eigenvalue weighted by atomic mass is 10.2. The maximum Gasteiger partial charge on any atom is 0.257 e. The lowest BCUT2D eigenvalue weighted by Crippen LogP contribution is -2.20. The van der Waals surface area contributed by atoms with Crippen LogP contribution in [0.2, 0.25) is 0 Å². The molecule has 2 amide bonds. The molecule has 1 heterocycles. The first-order chi connectivity index (χ1) is 13.6. The molecule has 0 unspecified atom stereocenters. The van der Waals surface area contributed by atoms with Crippen LogP contribution in [-0.2, 0) is 11.3 Å². The van der Waals surface area contributed by atoms with E-state index in [1.807, 2.05) is 42.5 Å². The Morgan fingerprint density at radius 1 is 1.04 bits per heavy atom. The number of hydrogen-bond acceptors (Lipinski definition) is 3. The molecule has 0 fully saturated rings. The van der Waals surface area contributed by atoms with Crippen LogP contribution in [0.1, 0.15) is 21.5 Å². The van der Waals surface area contributed by atoms with Crippen molar-refractivity contribution in [2.45, 2.75) is 6.54 Å². The van der Waals surface area contributed by atoms with Crippen LogP contribution in [-0.4, -0.2) is 16.8 Å². The van der Waals surface area contributed by atoms with Gasteiger partial charge in [-0.25, -0.2) is 0 Å². The van der Waals surface area contributed by atoms with Gasteiger partial charge in [-0.05, 0) is 53.6 Å². The fourth-order valence-corrected chi connectivity index (χ4v) is 2.72. The van der Waals surface area contributed by atoms with Crippen molar-refractivity contribution in [1.29, 1.82) is 0 Å². The number of nitrogens with zero attached hydrogens (tertiary/aromatic N) is 1. The summed E-state index contributed by atoms with van der Waals surface area (Å²) in [5.41, 5.74) is 2.97. The number of anilines is 1. The summed E-state index contributed by atoms with van der Waals surface area (Å²) < 4.78 is 0.990. The highest BCUT2D eigenvalue weighted by Gasteiger charge is 2.06. The number of halogens is 1. The minimum absolute atomic E-state index is 0.187. The fourth-order valence-electron chi connectivity index (χ4n) is 2.45. The van der Waals surface area contributed by atoms with Crippen molar-refractivity contribution in [3.63, 3.8) is 0 Å². The molecule has 6 heteroatoms. The second-order valence-electron chi connectivity index (χ2n) is 6.00. The van der Waals surface area contributed by atoms with Crippen molar-refractivity contribution in [3.05, 3.63) is 100 Å². The summed E-state index contributed by atoms with van der Waals surface area (Å²) in [6.07, 6.45) is 6.38. The van der Waals surface area contributed by atoms with Crippen molar-refractivity contribution in [2.75, 3.05) is 5.32 Å². The molecule has 0 saturated carbocycles. The normalized spacial score (nSPS) is 10.6. The highest BCUT2D eigenvalue weighted by Crippen LogP contribution is 2.13. The van der Waals surface area contributed by atoms with E-state index in [4.69, 9.17) is 0 Å². The van der Waals surface area contributed by atoms with E-state index in [9.17, 15) is 9.59 Å². The number of amides is 2. The Morgan fingerprint density at radius 2 is 1.86 bits per heavy atom. The Labute approximate surface area is 171 Å². The van der Waals surface area contributed by atoms with Gasteiger partial charge in [-0.2, -0.15) is 0 Å². The Balaban J connectivity index is 1.55. The molecule has 28 heavy (non-hydrogen) atoms. The first-order valence-electron chi connectivity index (χ1n) is 8.62. The lowest BCUT2D eigenvalue weighted by Gasteiger charge is -2.08. The standard InChI is InChI=1S/C22H18BrN3O2/c23-19-9-6-16(7-10-19)8-11-21(27)25-14-17-3-1-5-20(13-17)26-22(28)18-4-2-12-24-15-18/h1-13,15H,14H2,(H,25,27)(H,26,28)/b11-8+. The SMILES string of the molecule is O=C(/C=C/c1ccc(Br)cc1)NCc1cccc(NC(=O)c2cccnc2)c1. The van der Waals surface area contributed by atoms with Crippen LogP contribution in [0.5, 0.6) is 0 Å². The third-order valence-corrected chi connectivity index (χ3v) is 4.40. The molecule has 1 aromatic heterocycles. The molecule has 3 rings (SSSR count). The minimum atomic E-state index is -0.230. The number of carbonyl (C=O) groups is 2. The number of hydrogen-bond donors (Lipinski definition) is 2. The lowest BCUT2D eigenvalue weighted by molar-refractivity contribution is -0.116. The summed E-state index contributed by atoms with van der Waals surface area (Å²) >= 11 is 3.38. The van der Waals surface area contributed by atoms with Gasteiger partial charge in [0.1, 0.15) is 0 Å². The highest BCUT2D eigenvalue weighted by molar-refractivity contribution is 9.10. The molecule has 0 aliphatic carbocycles. The van der Waals surface area contributed by atoms with Crippen molar-refractivity contribution in [1.82, 2.24) is 10.3 Å². The van der Waals surface area contributed by atoms with E-state index >= 15 is 0 Å². The molecule has 140 valence electrons. The van der Waals surface area contributed by atoms with E-state index in [1.165, 1.54) is 12.3 Å². The van der Waals surface area contributed by atoms with Gasteiger partial charge in [0, 0.05) is 35.2 Å². The van der Waals surface area contributed by atoms with E-state index in [1.54, 1.807) is 30.5 Å². The van der Waals surface area contributed by atoms with Crippen LogP contribution >= 0.6 is 15.9 Å². The second-order valence-corrected chi connectivity index (χ2v) is 6.91. The molecule has 5 nitrogen and oxygen atoms in total. The number of nitrogens with one attached hydrogen (secondary N) is 2. The van der Waals surface area contributed by atoms with E-state index < -0.39 is 0 Å². The zero-order valence-electron chi connectivity index (χ0n) is 14.9. The molecule has 0 radical (unpaired) electrons. The number of aromatic nitrogens is 1. The van der Waals surface area contributed by atoms with Crippen LogP contribution in [0.4, 0.5) is 5.69 Å². The topological polar surface area (TPSA) is 71.1 Å². The van der Waals surface area contributed by atoms with Gasteiger partial charge in [0.2, 0.25) is 5.91 Å². The second kappa shape index (κ2) is 9.62. The molecule has 2 aromatic carbocycles. The van der Waals surface area contributed by atoms with Crippen LogP contribution in [0.25, 0.3) is 6.08 Å². The Bertz CT molecular complexity index is 986. The summed E-state index contributed by atoms with van der Waals surface area (Å²) in [6.45, 7) is 0.361. The van der Waals surface area contributed by atoms with Gasteiger partial charge in [-0.15, -0.1) is 0 Å². The summed E-state index contributed by atoms with van der Waals surface area (Å²) in [7, 11) is 0. The third kappa shape index (κ3) is 5.89. The highest BCUT2D eigenvalue weighted by atomic mass is 79.9. The Kier molecular flexibility index (Phi) is 6.70. The van der Waals surface area contributed by atoms with Crippen molar-refractivity contribution in [3.8, 4) is 0 Å². The number of rotatable bonds is 6. The molecular formula is C22H18BrN3O2. The smallest absolute Gasteiger partial charge is 0.257 e. The molecule has 0 bridgehead atoms. The first kappa shape index (κ1) is 19.5. The molecule has 0 saturated heterocycles. The van der Waals surface area contributed by atoms with Gasteiger partial charge >= 0.3 is 0 Å². The average Bonchev–Trinajstić information content (AvgIpc) is 2.73. The summed E-state index contributed by atoms with van der Waals surface area (Å²) in [4.78, 5) is 28.2. The molecule has 2 N–H and O–H groups in total. The van der Waals surface area contributed by atoms with Gasteiger partial charge < -0.3 is 10.6 Å². The van der Waals surface area contributed by atoms with Gasteiger partial charge in [0.25, 0.3) is 5.91 Å². The maximum absolute atomic E-state index is 12.2. The molecule has 0 aliphatic heterocycles. The van der Waals surface area contributed by atoms with Gasteiger partial charge in [-0.1, -0.05) is 40.2 Å². The Hall–Kier alpha value is -3.25. The Morgan fingerprint density at radius 3 is 2.61 bits per heavy atom. The largest absolute Gasteiger partial charge is 0.348 e. The van der Waals surface area contributed by atoms with Crippen LogP contribution in [0, 0.1) is 0 Å². The third-order valence-electron chi connectivity index (χ3n) is 3.87. The van der Waals surface area contributed by atoms with Gasteiger partial charge in [-0.3, -0.25) is 14.6 Å². The average molecular weight is 436 g/mol. The zero-order valence-corrected chi connectivity index (χ0v) is 16.5. The van der Waals surface area contributed by atoms with Crippen molar-refractivity contribution < 1.29 is 9.59 Å². The summed E-state index contributed by atoms with van der Waals surface area (Å²) in [6, 6.07) is 18.4. The predicted molar refractivity (Wildman–Crippen MR) is 114 cm³/mol. The van der Waals surface area contributed by atoms with E-state index in [-0.39, 0.29) is 11.8 Å². The fraction of sp³-hybridized carbons (Fsp3) is 0.0455. The summed E-state index contributed by atoms with van der Waals surface area (Å²) in [5, 5.41) is 5.66. The van der Waals surface area contributed by atoms with Crippen LogP contribution < -0.4 is 10.6 Å². The molecule has 0 aliphatic rings. The molecule has 0 spiro atoms. The van der Waals surface area contributed by atoms with Crippen LogP contribution in [0.15, 0.2) is 83.6 Å². The van der Waals surface area contributed by atoms with E-state index in [2.05, 4.69) is 31.5 Å². The zero-order chi connectivity index (χ0) is 19.8. The minimum Gasteiger partial charge on any atom is -0.348 e. The number of carbonyl (C=O) groups excluding carboxylic acids is 2. The van der Waals surface area contributed by atoms with Gasteiger partial charge in [0.05, 0.1) is 5.56 Å².